The van der Waals surface area contributed by atoms with Gasteiger partial charge in [0.2, 0.25) is 15.9 Å². The fourth-order valence-corrected chi connectivity index (χ4v) is 4.19. The molecule has 128 valence electrons. The molecular formula is C14H19ClFN3O3S. The van der Waals surface area contributed by atoms with E-state index >= 15 is 0 Å². The number of hydrogen-bond acceptors (Lipinski definition) is 4. The number of carbonyl (C=O) groups excluding carboxylic acids is 1. The predicted molar refractivity (Wildman–Crippen MR) is 86.5 cm³/mol. The molecule has 1 fully saturated rings. The normalized spacial score (nSPS) is 21.9. The highest BCUT2D eigenvalue weighted by Gasteiger charge is 2.27. The van der Waals surface area contributed by atoms with E-state index in [0.29, 0.717) is 19.4 Å². The van der Waals surface area contributed by atoms with Crippen LogP contribution in [0.4, 0.5) is 10.1 Å². The van der Waals surface area contributed by atoms with E-state index in [-0.39, 0.29) is 22.8 Å². The standard InChI is InChI=1S/C14H19ClFN3O3S/c1-8-5-10(3-4-17-8)19-23(21,22)14-6-11(15)13(7-12(14)16)18-9(2)20/h6-8,10,17,19H,3-5H2,1-2H3,(H,18,20). The molecule has 6 nitrogen and oxygen atoms in total. The van der Waals surface area contributed by atoms with Crippen molar-refractivity contribution >= 4 is 33.2 Å². The van der Waals surface area contributed by atoms with Crippen molar-refractivity contribution in [3.05, 3.63) is 23.0 Å². The van der Waals surface area contributed by atoms with Crippen LogP contribution in [-0.2, 0) is 14.8 Å². The monoisotopic (exact) mass is 363 g/mol. The first-order valence-electron chi connectivity index (χ1n) is 7.21. The molecule has 0 spiro atoms. The molecule has 1 saturated heterocycles. The van der Waals surface area contributed by atoms with E-state index in [0.717, 1.165) is 12.1 Å². The van der Waals surface area contributed by atoms with Crippen molar-refractivity contribution in [3.8, 4) is 0 Å². The molecule has 1 heterocycles. The van der Waals surface area contributed by atoms with Gasteiger partial charge in [-0.1, -0.05) is 11.6 Å². The molecule has 9 heteroatoms. The van der Waals surface area contributed by atoms with Crippen LogP contribution in [0.15, 0.2) is 17.0 Å². The number of nitrogens with one attached hydrogen (secondary N) is 3. The van der Waals surface area contributed by atoms with Gasteiger partial charge in [-0.15, -0.1) is 0 Å². The van der Waals surface area contributed by atoms with Crippen molar-refractivity contribution in [2.24, 2.45) is 0 Å². The molecule has 2 atom stereocenters. The fourth-order valence-electron chi connectivity index (χ4n) is 2.54. The number of hydrogen-bond donors (Lipinski definition) is 3. The summed E-state index contributed by atoms with van der Waals surface area (Å²) in [6.07, 6.45) is 1.25. The van der Waals surface area contributed by atoms with Crippen LogP contribution >= 0.6 is 11.6 Å². The van der Waals surface area contributed by atoms with Crippen LogP contribution in [0.3, 0.4) is 0 Å². The molecule has 1 aromatic rings. The minimum Gasteiger partial charge on any atom is -0.325 e. The summed E-state index contributed by atoms with van der Waals surface area (Å²) in [5.74, 6) is -1.39. The van der Waals surface area contributed by atoms with E-state index in [9.17, 15) is 17.6 Å². The van der Waals surface area contributed by atoms with Gasteiger partial charge in [-0.2, -0.15) is 0 Å². The fraction of sp³-hybridized carbons (Fsp3) is 0.500. The molecule has 23 heavy (non-hydrogen) atoms. The van der Waals surface area contributed by atoms with Crippen molar-refractivity contribution in [1.29, 1.82) is 0 Å². The van der Waals surface area contributed by atoms with Crippen LogP contribution in [-0.4, -0.2) is 33.0 Å². The minimum absolute atomic E-state index is 0.0334. The van der Waals surface area contributed by atoms with Gasteiger partial charge in [0.1, 0.15) is 10.7 Å². The molecule has 3 N–H and O–H groups in total. The molecule has 1 aliphatic heterocycles. The lowest BCUT2D eigenvalue weighted by Crippen LogP contribution is -2.46. The zero-order valence-corrected chi connectivity index (χ0v) is 14.4. The zero-order valence-electron chi connectivity index (χ0n) is 12.8. The smallest absolute Gasteiger partial charge is 0.243 e. The molecule has 1 aliphatic rings. The van der Waals surface area contributed by atoms with E-state index in [1.807, 2.05) is 6.92 Å². The van der Waals surface area contributed by atoms with Gasteiger partial charge in [0.15, 0.2) is 0 Å². The Labute approximate surface area is 139 Å². The van der Waals surface area contributed by atoms with Crippen LogP contribution < -0.4 is 15.4 Å². The van der Waals surface area contributed by atoms with Crippen molar-refractivity contribution in [3.63, 3.8) is 0 Å². The summed E-state index contributed by atoms with van der Waals surface area (Å²) in [6, 6.07) is 1.84. The summed E-state index contributed by atoms with van der Waals surface area (Å²) in [5.41, 5.74) is 0.0334. The van der Waals surface area contributed by atoms with Crippen molar-refractivity contribution in [2.45, 2.75) is 43.7 Å². The lowest BCUT2D eigenvalue weighted by atomic mass is 10.0. The Morgan fingerprint density at radius 3 is 2.74 bits per heavy atom. The number of rotatable bonds is 4. The first-order valence-corrected chi connectivity index (χ1v) is 9.07. The number of sulfonamides is 1. The molecule has 2 rings (SSSR count). The quantitative estimate of drug-likeness (QED) is 0.762. The van der Waals surface area contributed by atoms with Crippen LogP contribution in [0.2, 0.25) is 5.02 Å². The van der Waals surface area contributed by atoms with Crippen molar-refractivity contribution < 1.29 is 17.6 Å². The molecule has 0 aromatic heterocycles. The van der Waals surface area contributed by atoms with Gasteiger partial charge in [0.05, 0.1) is 10.7 Å². The Morgan fingerprint density at radius 1 is 1.43 bits per heavy atom. The van der Waals surface area contributed by atoms with Crippen LogP contribution in [0.5, 0.6) is 0 Å². The Morgan fingerprint density at radius 2 is 2.13 bits per heavy atom. The summed E-state index contributed by atoms with van der Waals surface area (Å²) in [5, 5.41) is 5.52. The molecule has 0 radical (unpaired) electrons. The third-order valence-electron chi connectivity index (χ3n) is 3.57. The molecule has 0 saturated carbocycles. The van der Waals surface area contributed by atoms with E-state index in [4.69, 9.17) is 11.6 Å². The number of piperidine rings is 1. The maximum atomic E-state index is 14.2. The summed E-state index contributed by atoms with van der Waals surface area (Å²) in [6.45, 7) is 3.90. The number of benzene rings is 1. The number of carbonyl (C=O) groups is 1. The van der Waals surface area contributed by atoms with E-state index in [1.54, 1.807) is 0 Å². The SMILES string of the molecule is CC(=O)Nc1cc(F)c(S(=O)(=O)NC2CCNC(C)C2)cc1Cl. The van der Waals surface area contributed by atoms with Gasteiger partial charge in [-0.3, -0.25) is 4.79 Å². The van der Waals surface area contributed by atoms with Crippen LogP contribution in [0, 0.1) is 5.82 Å². The van der Waals surface area contributed by atoms with Gasteiger partial charge < -0.3 is 10.6 Å². The van der Waals surface area contributed by atoms with Crippen molar-refractivity contribution in [2.75, 3.05) is 11.9 Å². The highest BCUT2D eigenvalue weighted by molar-refractivity contribution is 7.89. The van der Waals surface area contributed by atoms with Crippen LogP contribution in [0.1, 0.15) is 26.7 Å². The Bertz CT molecular complexity index is 711. The van der Waals surface area contributed by atoms with E-state index in [2.05, 4.69) is 15.4 Å². The highest BCUT2D eigenvalue weighted by Crippen LogP contribution is 2.28. The Kier molecular flexibility index (Phi) is 5.61. The summed E-state index contributed by atoms with van der Waals surface area (Å²) in [7, 11) is -4.03. The van der Waals surface area contributed by atoms with Gasteiger partial charge >= 0.3 is 0 Å². The lowest BCUT2D eigenvalue weighted by Gasteiger charge is -2.28. The topological polar surface area (TPSA) is 87.3 Å². The molecule has 2 unspecified atom stereocenters. The number of halogens is 2. The molecular weight excluding hydrogens is 345 g/mol. The summed E-state index contributed by atoms with van der Waals surface area (Å²) < 4.78 is 41.5. The third kappa shape index (κ3) is 4.63. The first kappa shape index (κ1) is 18.1. The maximum Gasteiger partial charge on any atom is 0.243 e. The van der Waals surface area contributed by atoms with Gasteiger partial charge in [-0.25, -0.2) is 17.5 Å². The Hall–Kier alpha value is -1.22. The average molecular weight is 364 g/mol. The van der Waals surface area contributed by atoms with E-state index < -0.39 is 26.6 Å². The molecule has 1 amide bonds. The van der Waals surface area contributed by atoms with Gasteiger partial charge in [0, 0.05) is 25.1 Å². The largest absolute Gasteiger partial charge is 0.325 e. The lowest BCUT2D eigenvalue weighted by molar-refractivity contribution is -0.114. The maximum absolute atomic E-state index is 14.2. The second-order valence-electron chi connectivity index (χ2n) is 5.64. The predicted octanol–water partition coefficient (Wildman–Crippen LogP) is 1.86. The summed E-state index contributed by atoms with van der Waals surface area (Å²) >= 11 is 5.93. The van der Waals surface area contributed by atoms with Crippen LogP contribution in [0.25, 0.3) is 0 Å². The highest BCUT2D eigenvalue weighted by atomic mass is 35.5. The Balaban J connectivity index is 2.25. The van der Waals surface area contributed by atoms with Crippen molar-refractivity contribution in [1.82, 2.24) is 10.0 Å². The van der Waals surface area contributed by atoms with Gasteiger partial charge in [0.25, 0.3) is 0 Å². The van der Waals surface area contributed by atoms with Gasteiger partial charge in [-0.05, 0) is 32.4 Å². The number of anilines is 1. The first-order chi connectivity index (χ1) is 10.7. The third-order valence-corrected chi connectivity index (χ3v) is 5.42. The zero-order chi connectivity index (χ0) is 17.2. The second kappa shape index (κ2) is 7.12. The molecule has 0 aliphatic carbocycles. The second-order valence-corrected chi connectivity index (χ2v) is 7.73. The molecule has 1 aromatic carbocycles. The molecule has 0 bridgehead atoms. The average Bonchev–Trinajstić information content (AvgIpc) is 2.41. The number of amides is 1. The summed E-state index contributed by atoms with van der Waals surface area (Å²) in [4.78, 5) is 10.5. The van der Waals surface area contributed by atoms with E-state index in [1.165, 1.54) is 6.92 Å². The minimum atomic E-state index is -4.03.